The molecule has 0 radical (unpaired) electrons. The van der Waals surface area contributed by atoms with Gasteiger partial charge in [-0.3, -0.25) is 4.79 Å². The maximum absolute atomic E-state index is 13.6. The maximum atomic E-state index is 13.6. The molecule has 1 N–H and O–H groups in total. The Kier molecular flexibility index (Phi) is 5.94. The van der Waals surface area contributed by atoms with Crippen LogP contribution in [-0.4, -0.2) is 33.7 Å². The molecule has 0 spiro atoms. The van der Waals surface area contributed by atoms with Crippen LogP contribution in [0.5, 0.6) is 0 Å². The molecular weight excluding hydrogens is 455 g/mol. The number of hydrogen-bond donors (Lipinski definition) is 1. The van der Waals surface area contributed by atoms with Crippen molar-refractivity contribution in [1.29, 1.82) is 0 Å². The fraction of sp³-hybridized carbons (Fsp3) is 0.545. The molecule has 2 aliphatic rings. The zero-order chi connectivity index (χ0) is 24.0. The summed E-state index contributed by atoms with van der Waals surface area (Å²) in [4.78, 5) is 12.5. The van der Waals surface area contributed by atoms with Crippen LogP contribution in [0.25, 0.3) is 0 Å². The van der Waals surface area contributed by atoms with E-state index in [2.05, 4.69) is 10.4 Å². The second-order valence-corrected chi connectivity index (χ2v) is 8.75. The van der Waals surface area contributed by atoms with Gasteiger partial charge in [-0.15, -0.1) is 0 Å². The van der Waals surface area contributed by atoms with Crippen molar-refractivity contribution in [3.8, 4) is 0 Å². The van der Waals surface area contributed by atoms with Crippen LogP contribution in [0.2, 0.25) is 0 Å². The molecule has 1 heterocycles. The van der Waals surface area contributed by atoms with Crippen LogP contribution in [0.15, 0.2) is 30.3 Å². The number of nitrogens with zero attached hydrogens (tertiary/aromatic N) is 2. The molecule has 2 aromatic rings. The monoisotopic (exact) mass is 477 g/mol. The molecule has 4 rings (SSSR count). The van der Waals surface area contributed by atoms with Crippen molar-refractivity contribution in [2.75, 3.05) is 5.32 Å². The standard InChI is InChI=1S/C22H22F7N3O/c23-20(24)11-15(22(20,28)29)10-17(33)30-19-18(14-7-4-8-14)16(9-13-5-2-1-3-6-13)31-32(19)12-21(25,26)27/h1-3,5-6,14-15H,4,7-12H2,(H,30,33)/t15-/m0/s1. The number of carbonyl (C=O) groups excluding carboxylic acids is 1. The molecule has 0 bridgehead atoms. The lowest BCUT2D eigenvalue weighted by atomic mass is 9.74. The number of alkyl halides is 7. The van der Waals surface area contributed by atoms with Crippen LogP contribution in [0.1, 0.15) is 54.8 Å². The molecule has 1 aromatic heterocycles. The summed E-state index contributed by atoms with van der Waals surface area (Å²) in [6.07, 6.45) is -4.24. The van der Waals surface area contributed by atoms with Gasteiger partial charge in [0.15, 0.2) is 0 Å². The van der Waals surface area contributed by atoms with Gasteiger partial charge in [-0.2, -0.15) is 35.8 Å². The molecular formula is C22H22F7N3O. The third kappa shape index (κ3) is 4.72. The van der Waals surface area contributed by atoms with Gasteiger partial charge in [-0.05, 0) is 24.3 Å². The van der Waals surface area contributed by atoms with E-state index in [1.165, 1.54) is 0 Å². The molecule has 1 atom stereocenters. The van der Waals surface area contributed by atoms with Gasteiger partial charge in [-0.25, -0.2) is 4.68 Å². The number of rotatable bonds is 7. The zero-order valence-corrected chi connectivity index (χ0v) is 17.4. The number of hydrogen-bond acceptors (Lipinski definition) is 2. The summed E-state index contributed by atoms with van der Waals surface area (Å²) in [6, 6.07) is 8.95. The maximum Gasteiger partial charge on any atom is 0.408 e. The third-order valence-corrected chi connectivity index (χ3v) is 6.32. The summed E-state index contributed by atoms with van der Waals surface area (Å²) in [5.74, 6) is -11.7. The van der Waals surface area contributed by atoms with E-state index < -0.39 is 49.2 Å². The van der Waals surface area contributed by atoms with Gasteiger partial charge < -0.3 is 5.32 Å². The second-order valence-electron chi connectivity index (χ2n) is 8.75. The highest BCUT2D eigenvalue weighted by atomic mass is 19.4. The van der Waals surface area contributed by atoms with Crippen molar-refractivity contribution in [1.82, 2.24) is 9.78 Å². The van der Waals surface area contributed by atoms with Gasteiger partial charge in [0.1, 0.15) is 12.4 Å². The van der Waals surface area contributed by atoms with Crippen molar-refractivity contribution in [3.63, 3.8) is 0 Å². The Morgan fingerprint density at radius 3 is 2.30 bits per heavy atom. The Balaban J connectivity index is 1.63. The Bertz CT molecular complexity index is 1010. The molecule has 0 aliphatic heterocycles. The van der Waals surface area contributed by atoms with Crippen LogP contribution in [0.3, 0.4) is 0 Å². The summed E-state index contributed by atoms with van der Waals surface area (Å²) in [7, 11) is 0. The molecule has 2 aliphatic carbocycles. The molecule has 33 heavy (non-hydrogen) atoms. The van der Waals surface area contributed by atoms with Crippen molar-refractivity contribution in [2.24, 2.45) is 5.92 Å². The lowest BCUT2D eigenvalue weighted by Gasteiger charge is -2.43. The SMILES string of the molecule is O=C(C[C@H]1CC(F)(F)C1(F)F)Nc1c(C2CCC2)c(Cc2ccccc2)nn1CC(F)(F)F. The summed E-state index contributed by atoms with van der Waals surface area (Å²) in [5.41, 5.74) is 1.63. The Hall–Kier alpha value is -2.59. The number of amides is 1. The van der Waals surface area contributed by atoms with E-state index in [-0.39, 0.29) is 18.2 Å². The van der Waals surface area contributed by atoms with E-state index in [9.17, 15) is 35.5 Å². The fourth-order valence-electron chi connectivity index (χ4n) is 4.34. The molecule has 180 valence electrons. The van der Waals surface area contributed by atoms with Crippen LogP contribution in [0.4, 0.5) is 36.6 Å². The Morgan fingerprint density at radius 2 is 1.79 bits per heavy atom. The first-order chi connectivity index (χ1) is 15.4. The molecule has 1 amide bonds. The number of halogens is 7. The lowest BCUT2D eigenvalue weighted by Crippen LogP contribution is -2.59. The highest BCUT2D eigenvalue weighted by Gasteiger charge is 2.71. The highest BCUT2D eigenvalue weighted by Crippen LogP contribution is 2.56. The average Bonchev–Trinajstić information content (AvgIpc) is 2.96. The summed E-state index contributed by atoms with van der Waals surface area (Å²) >= 11 is 0. The van der Waals surface area contributed by atoms with Gasteiger partial charge in [-0.1, -0.05) is 36.8 Å². The van der Waals surface area contributed by atoms with Gasteiger partial charge >= 0.3 is 18.0 Å². The number of aromatic nitrogens is 2. The Labute approximate surface area is 185 Å². The topological polar surface area (TPSA) is 46.9 Å². The quantitative estimate of drug-likeness (QED) is 0.503. The first kappa shape index (κ1) is 23.6. The first-order valence-corrected chi connectivity index (χ1v) is 10.6. The number of anilines is 1. The van der Waals surface area contributed by atoms with E-state index in [0.717, 1.165) is 12.0 Å². The summed E-state index contributed by atoms with van der Waals surface area (Å²) in [5, 5.41) is 6.43. The fourth-order valence-corrected chi connectivity index (χ4v) is 4.34. The van der Waals surface area contributed by atoms with Gasteiger partial charge in [0.05, 0.1) is 5.69 Å². The van der Waals surface area contributed by atoms with Crippen LogP contribution in [0, 0.1) is 5.92 Å². The van der Waals surface area contributed by atoms with Crippen molar-refractivity contribution in [2.45, 2.75) is 69.0 Å². The molecule has 0 saturated heterocycles. The first-order valence-electron chi connectivity index (χ1n) is 10.6. The molecule has 2 saturated carbocycles. The number of carbonyl (C=O) groups is 1. The normalized spacial score (nSPS) is 21.8. The third-order valence-electron chi connectivity index (χ3n) is 6.32. The predicted octanol–water partition coefficient (Wildman–Crippen LogP) is 5.92. The van der Waals surface area contributed by atoms with E-state index in [1.54, 1.807) is 30.3 Å². The largest absolute Gasteiger partial charge is 0.408 e. The zero-order valence-electron chi connectivity index (χ0n) is 17.4. The second kappa shape index (κ2) is 8.32. The molecule has 2 fully saturated rings. The smallest absolute Gasteiger partial charge is 0.311 e. The summed E-state index contributed by atoms with van der Waals surface area (Å²) in [6.45, 7) is -1.48. The Morgan fingerprint density at radius 1 is 1.12 bits per heavy atom. The van der Waals surface area contributed by atoms with Crippen LogP contribution in [-0.2, 0) is 17.8 Å². The van der Waals surface area contributed by atoms with Crippen molar-refractivity contribution < 1.29 is 35.5 Å². The van der Waals surface area contributed by atoms with Gasteiger partial charge in [0.2, 0.25) is 5.91 Å². The average molecular weight is 477 g/mol. The molecule has 0 unspecified atom stereocenters. The molecule has 4 nitrogen and oxygen atoms in total. The van der Waals surface area contributed by atoms with Crippen molar-refractivity contribution >= 4 is 11.7 Å². The van der Waals surface area contributed by atoms with Crippen molar-refractivity contribution in [3.05, 3.63) is 47.2 Å². The molecule has 11 heteroatoms. The lowest BCUT2D eigenvalue weighted by molar-refractivity contribution is -0.313. The molecule has 1 aromatic carbocycles. The number of benzene rings is 1. The minimum Gasteiger partial charge on any atom is -0.311 e. The van der Waals surface area contributed by atoms with E-state index >= 15 is 0 Å². The minimum absolute atomic E-state index is 0.129. The van der Waals surface area contributed by atoms with E-state index in [0.29, 0.717) is 28.8 Å². The van der Waals surface area contributed by atoms with Gasteiger partial charge in [0, 0.05) is 30.7 Å². The van der Waals surface area contributed by atoms with E-state index in [1.807, 2.05) is 0 Å². The van der Waals surface area contributed by atoms with Crippen LogP contribution >= 0.6 is 0 Å². The number of nitrogens with one attached hydrogen (secondary N) is 1. The van der Waals surface area contributed by atoms with E-state index in [4.69, 9.17) is 0 Å². The van der Waals surface area contributed by atoms with Gasteiger partial charge in [0.25, 0.3) is 0 Å². The predicted molar refractivity (Wildman–Crippen MR) is 105 cm³/mol. The van der Waals surface area contributed by atoms with Crippen LogP contribution < -0.4 is 5.32 Å². The minimum atomic E-state index is -4.64. The summed E-state index contributed by atoms with van der Waals surface area (Å²) < 4.78 is 93.7. The highest BCUT2D eigenvalue weighted by molar-refractivity contribution is 5.91.